The summed E-state index contributed by atoms with van der Waals surface area (Å²) in [5, 5.41) is 6.72. The maximum atomic E-state index is 11.8. The minimum Gasteiger partial charge on any atom is -0.354 e. The second-order valence-electron chi connectivity index (χ2n) is 7.21. The molecule has 2 N–H and O–H groups in total. The van der Waals surface area contributed by atoms with E-state index in [0.717, 1.165) is 35.6 Å². The molecule has 5 nitrogen and oxygen atoms in total. The zero-order valence-electron chi connectivity index (χ0n) is 14.7. The smallest absolute Gasteiger partial charge is 0.244 e. The topological polar surface area (TPSA) is 71.1 Å². The monoisotopic (exact) mass is 349 g/mol. The molecule has 0 unspecified atom stereocenters. The Morgan fingerprint density at radius 3 is 2.54 bits per heavy atom. The van der Waals surface area contributed by atoms with Gasteiger partial charge in [0.15, 0.2) is 0 Å². The molecule has 0 radical (unpaired) electrons. The van der Waals surface area contributed by atoms with Gasteiger partial charge in [0.05, 0.1) is 5.01 Å². The van der Waals surface area contributed by atoms with Crippen LogP contribution in [0.1, 0.15) is 56.3 Å². The molecule has 0 saturated heterocycles. The van der Waals surface area contributed by atoms with Crippen molar-refractivity contribution < 1.29 is 9.59 Å². The van der Waals surface area contributed by atoms with Crippen LogP contribution in [0.15, 0.2) is 12.3 Å². The molecular formula is C18H27N3O2S. The van der Waals surface area contributed by atoms with Crippen LogP contribution >= 0.6 is 11.3 Å². The van der Waals surface area contributed by atoms with Crippen molar-refractivity contribution in [1.82, 2.24) is 15.6 Å². The normalized spacial score (nSPS) is 15.8. The first kappa shape index (κ1) is 18.6. The van der Waals surface area contributed by atoms with Crippen molar-refractivity contribution in [2.75, 3.05) is 13.1 Å². The van der Waals surface area contributed by atoms with E-state index in [1.165, 1.54) is 6.08 Å². The number of nitrogens with zero attached hydrogens (tertiary/aromatic N) is 1. The Labute approximate surface area is 147 Å². The molecule has 0 aromatic carbocycles. The Balaban J connectivity index is 1.67. The van der Waals surface area contributed by atoms with Gasteiger partial charge in [0, 0.05) is 41.6 Å². The largest absolute Gasteiger partial charge is 0.354 e. The van der Waals surface area contributed by atoms with Crippen LogP contribution in [0.4, 0.5) is 0 Å². The van der Waals surface area contributed by atoms with Crippen LogP contribution in [0.5, 0.6) is 0 Å². The Bertz CT molecular complexity index is 596. The second kappa shape index (κ2) is 8.42. The summed E-state index contributed by atoms with van der Waals surface area (Å²) < 4.78 is 0. The summed E-state index contributed by atoms with van der Waals surface area (Å²) in [5.74, 6) is 0.136. The molecule has 0 atom stereocenters. The highest BCUT2D eigenvalue weighted by atomic mass is 32.1. The summed E-state index contributed by atoms with van der Waals surface area (Å²) in [6, 6.07) is 0. The van der Waals surface area contributed by atoms with Gasteiger partial charge in [0.2, 0.25) is 11.8 Å². The van der Waals surface area contributed by atoms with Crippen LogP contribution < -0.4 is 10.6 Å². The van der Waals surface area contributed by atoms with Gasteiger partial charge in [0.1, 0.15) is 0 Å². The maximum Gasteiger partial charge on any atom is 0.244 e. The molecule has 1 aliphatic carbocycles. The molecular weight excluding hydrogens is 322 g/mol. The van der Waals surface area contributed by atoms with Crippen molar-refractivity contribution in [2.45, 2.75) is 51.9 Å². The van der Waals surface area contributed by atoms with Gasteiger partial charge in [-0.05, 0) is 18.9 Å². The lowest BCUT2D eigenvalue weighted by molar-refractivity contribution is -0.125. The third kappa shape index (κ3) is 5.74. The fourth-order valence-corrected chi connectivity index (χ4v) is 3.51. The molecule has 2 rings (SSSR count). The first-order valence-electron chi connectivity index (χ1n) is 8.56. The zero-order valence-corrected chi connectivity index (χ0v) is 15.5. The van der Waals surface area contributed by atoms with E-state index in [4.69, 9.17) is 0 Å². The minimum atomic E-state index is -0.157. The Morgan fingerprint density at radius 1 is 1.25 bits per heavy atom. The van der Waals surface area contributed by atoms with E-state index < -0.39 is 0 Å². The fraction of sp³-hybridized carbons (Fsp3) is 0.611. The lowest BCUT2D eigenvalue weighted by atomic mass is 9.98. The number of amides is 2. The molecule has 0 spiro atoms. The Hall–Kier alpha value is -1.69. The minimum absolute atomic E-state index is 0.0243. The van der Waals surface area contributed by atoms with Gasteiger partial charge in [-0.2, -0.15) is 0 Å². The summed E-state index contributed by atoms with van der Waals surface area (Å²) >= 11 is 1.59. The van der Waals surface area contributed by atoms with Crippen LogP contribution in [0, 0.1) is 5.92 Å². The van der Waals surface area contributed by atoms with E-state index in [-0.39, 0.29) is 23.1 Å². The Morgan fingerprint density at radius 2 is 1.92 bits per heavy atom. The van der Waals surface area contributed by atoms with E-state index in [1.54, 1.807) is 23.6 Å². The number of nitrogens with one attached hydrogen (secondary N) is 2. The quantitative estimate of drug-likeness (QED) is 0.613. The number of thiazole rings is 1. The fourth-order valence-electron chi connectivity index (χ4n) is 2.63. The van der Waals surface area contributed by atoms with E-state index in [9.17, 15) is 9.59 Å². The lowest BCUT2D eigenvalue weighted by Gasteiger charge is -2.13. The molecule has 24 heavy (non-hydrogen) atoms. The third-order valence-corrected chi connectivity index (χ3v) is 5.40. The first-order chi connectivity index (χ1) is 11.4. The molecule has 1 aliphatic rings. The van der Waals surface area contributed by atoms with Crippen LogP contribution in [0.2, 0.25) is 0 Å². The number of carbonyl (C=O) groups excluding carboxylic acids is 2. The van der Waals surface area contributed by atoms with Gasteiger partial charge in [-0.15, -0.1) is 11.3 Å². The van der Waals surface area contributed by atoms with Gasteiger partial charge in [-0.3, -0.25) is 9.59 Å². The van der Waals surface area contributed by atoms with Crippen molar-refractivity contribution in [1.29, 1.82) is 0 Å². The molecule has 1 aromatic rings. The highest BCUT2D eigenvalue weighted by Gasteiger charge is 2.21. The predicted octanol–water partition coefficient (Wildman–Crippen LogP) is 2.88. The predicted molar refractivity (Wildman–Crippen MR) is 97.8 cm³/mol. The number of hydrogen-bond acceptors (Lipinski definition) is 4. The molecule has 0 bridgehead atoms. The van der Waals surface area contributed by atoms with Gasteiger partial charge in [-0.1, -0.05) is 33.6 Å². The first-order valence-corrected chi connectivity index (χ1v) is 9.38. The van der Waals surface area contributed by atoms with Crippen molar-refractivity contribution >= 4 is 29.2 Å². The molecule has 0 aliphatic heterocycles. The van der Waals surface area contributed by atoms with Gasteiger partial charge >= 0.3 is 0 Å². The van der Waals surface area contributed by atoms with Crippen molar-refractivity contribution in [3.05, 3.63) is 22.2 Å². The summed E-state index contributed by atoms with van der Waals surface area (Å²) in [4.78, 5) is 29.0. The van der Waals surface area contributed by atoms with Crippen LogP contribution in [0.3, 0.4) is 0 Å². The third-order valence-electron chi connectivity index (χ3n) is 4.01. The lowest BCUT2D eigenvalue weighted by Crippen LogP contribution is -2.36. The van der Waals surface area contributed by atoms with Gasteiger partial charge in [0.25, 0.3) is 0 Å². The summed E-state index contributed by atoms with van der Waals surface area (Å²) in [7, 11) is 0. The van der Waals surface area contributed by atoms with Crippen molar-refractivity contribution in [2.24, 2.45) is 5.92 Å². The molecule has 1 heterocycles. The number of hydrogen-bond donors (Lipinski definition) is 2. The van der Waals surface area contributed by atoms with Crippen LogP contribution in [-0.4, -0.2) is 29.9 Å². The number of aromatic nitrogens is 1. The maximum absolute atomic E-state index is 11.8. The average molecular weight is 350 g/mol. The zero-order chi connectivity index (χ0) is 17.6. The van der Waals surface area contributed by atoms with Crippen LogP contribution in [-0.2, 0) is 15.0 Å². The molecule has 6 heteroatoms. The molecule has 132 valence electrons. The summed E-state index contributed by atoms with van der Waals surface area (Å²) in [6.07, 6.45) is 9.36. The van der Waals surface area contributed by atoms with Gasteiger partial charge < -0.3 is 10.6 Å². The molecule has 2 amide bonds. The summed E-state index contributed by atoms with van der Waals surface area (Å²) in [6.45, 7) is 7.27. The number of rotatable bonds is 6. The van der Waals surface area contributed by atoms with Crippen molar-refractivity contribution in [3.8, 4) is 0 Å². The molecule has 1 aromatic heterocycles. The van der Waals surface area contributed by atoms with E-state index in [0.29, 0.717) is 13.1 Å². The number of carbonyl (C=O) groups is 2. The van der Waals surface area contributed by atoms with Crippen molar-refractivity contribution in [3.63, 3.8) is 0 Å². The van der Waals surface area contributed by atoms with Gasteiger partial charge in [-0.25, -0.2) is 4.98 Å². The standard InChI is InChI=1S/C18H27N3O2S/c1-18(2,3)17-21-12-14(24-17)8-9-15(22)19-10-11-20-16(23)13-6-4-5-7-13/h8-9,12-13H,4-7,10-11H2,1-3H3,(H,19,22)(H,20,23)/b9-8+. The second-order valence-corrected chi connectivity index (χ2v) is 8.28. The van der Waals surface area contributed by atoms with Crippen LogP contribution in [0.25, 0.3) is 6.08 Å². The SMILES string of the molecule is CC(C)(C)c1ncc(/C=C/C(=O)NCCNC(=O)C2CCCC2)s1. The average Bonchev–Trinajstić information content (AvgIpc) is 3.19. The highest BCUT2D eigenvalue weighted by molar-refractivity contribution is 7.12. The van der Waals surface area contributed by atoms with E-state index in [2.05, 4.69) is 36.4 Å². The van der Waals surface area contributed by atoms with E-state index in [1.807, 2.05) is 0 Å². The highest BCUT2D eigenvalue weighted by Crippen LogP contribution is 2.27. The molecule has 1 fully saturated rings. The molecule has 1 saturated carbocycles. The summed E-state index contributed by atoms with van der Waals surface area (Å²) in [5.41, 5.74) is 0.0243. The Kier molecular flexibility index (Phi) is 6.54. The van der Waals surface area contributed by atoms with E-state index >= 15 is 0 Å².